The molecular weight excluding hydrogens is 391 g/mol. The highest BCUT2D eigenvalue weighted by molar-refractivity contribution is 6.21. The van der Waals surface area contributed by atoms with Gasteiger partial charge in [-0.3, -0.25) is 9.59 Å². The molecule has 3 aromatic carbocycles. The van der Waals surface area contributed by atoms with Crippen molar-refractivity contribution >= 4 is 28.7 Å². The van der Waals surface area contributed by atoms with Crippen LogP contribution in [0.3, 0.4) is 0 Å². The molecule has 0 aliphatic carbocycles. The number of imide groups is 1. The van der Waals surface area contributed by atoms with Crippen molar-refractivity contribution in [2.45, 2.75) is 0 Å². The van der Waals surface area contributed by atoms with E-state index in [-0.39, 0.29) is 16.7 Å². The van der Waals surface area contributed by atoms with Gasteiger partial charge < -0.3 is 9.36 Å². The number of hydrogen-bond donors (Lipinski definition) is 0. The molecule has 5 rings (SSSR count). The molecule has 0 atom stereocenters. The monoisotopic (exact) mass is 402 g/mol. The summed E-state index contributed by atoms with van der Waals surface area (Å²) in [5.41, 5.74) is 1.48. The number of benzene rings is 3. The minimum atomic E-state index is -0.891. The molecular formula is C22H11FN2O5. The standard InChI is InChI=1S/C22H11FN2O5/c23-14-8-5-12(6-9-14)19-17-11-13(7-10-18(17)24-29-19)22(28)30-25-20(26)15-3-1-2-4-16(15)21(25)27/h1-11H. The number of nitrogens with zero attached hydrogens (tertiary/aromatic N) is 2. The largest absolute Gasteiger partial charge is 0.363 e. The first kappa shape index (κ1) is 17.7. The fraction of sp³-hybridized carbons (Fsp3) is 0. The Bertz CT molecular complexity index is 1310. The van der Waals surface area contributed by atoms with Gasteiger partial charge in [-0.15, -0.1) is 0 Å². The smallest absolute Gasteiger partial charge is 0.355 e. The Morgan fingerprint density at radius 3 is 2.27 bits per heavy atom. The van der Waals surface area contributed by atoms with Crippen molar-refractivity contribution in [3.05, 3.63) is 89.2 Å². The molecule has 0 saturated heterocycles. The van der Waals surface area contributed by atoms with E-state index in [9.17, 15) is 18.8 Å². The van der Waals surface area contributed by atoms with Gasteiger partial charge in [0.2, 0.25) is 0 Å². The molecule has 0 radical (unpaired) electrons. The highest BCUT2D eigenvalue weighted by Crippen LogP contribution is 2.30. The fourth-order valence-corrected chi connectivity index (χ4v) is 3.26. The van der Waals surface area contributed by atoms with Crippen LogP contribution in [0, 0.1) is 5.82 Å². The topological polar surface area (TPSA) is 89.7 Å². The van der Waals surface area contributed by atoms with Crippen molar-refractivity contribution in [3.8, 4) is 11.3 Å². The van der Waals surface area contributed by atoms with Crippen LogP contribution in [0.1, 0.15) is 31.1 Å². The van der Waals surface area contributed by atoms with Gasteiger partial charge in [-0.2, -0.15) is 0 Å². The first-order chi connectivity index (χ1) is 14.5. The molecule has 0 N–H and O–H groups in total. The maximum absolute atomic E-state index is 13.2. The van der Waals surface area contributed by atoms with Crippen LogP contribution in [0.2, 0.25) is 0 Å². The minimum Gasteiger partial charge on any atom is -0.355 e. The number of carbonyl (C=O) groups is 3. The zero-order valence-corrected chi connectivity index (χ0v) is 15.2. The van der Waals surface area contributed by atoms with E-state index >= 15 is 0 Å². The van der Waals surface area contributed by atoms with Crippen LogP contribution in [-0.2, 0) is 4.84 Å². The molecule has 0 saturated carbocycles. The first-order valence-electron chi connectivity index (χ1n) is 8.88. The third-order valence-electron chi connectivity index (χ3n) is 4.75. The van der Waals surface area contributed by atoms with Gasteiger partial charge in [-0.1, -0.05) is 22.4 Å². The van der Waals surface area contributed by atoms with Gasteiger partial charge in [0, 0.05) is 5.56 Å². The number of rotatable bonds is 3. The predicted molar refractivity (Wildman–Crippen MR) is 102 cm³/mol. The van der Waals surface area contributed by atoms with E-state index in [2.05, 4.69) is 5.16 Å². The van der Waals surface area contributed by atoms with Gasteiger partial charge in [0.05, 0.1) is 22.1 Å². The summed E-state index contributed by atoms with van der Waals surface area (Å²) in [4.78, 5) is 42.5. The Balaban J connectivity index is 1.46. The third kappa shape index (κ3) is 2.74. The highest BCUT2D eigenvalue weighted by Gasteiger charge is 2.38. The van der Waals surface area contributed by atoms with Crippen LogP contribution in [0.4, 0.5) is 4.39 Å². The molecule has 7 nitrogen and oxygen atoms in total. The Kier molecular flexibility index (Phi) is 3.92. The van der Waals surface area contributed by atoms with Crippen molar-refractivity contribution in [2.24, 2.45) is 0 Å². The average Bonchev–Trinajstić information content (AvgIpc) is 3.29. The van der Waals surface area contributed by atoms with Crippen LogP contribution >= 0.6 is 0 Å². The van der Waals surface area contributed by atoms with Crippen molar-refractivity contribution in [1.82, 2.24) is 10.2 Å². The predicted octanol–water partition coefficient (Wildman–Crippen LogP) is 4.00. The van der Waals surface area contributed by atoms with Gasteiger partial charge in [0.1, 0.15) is 11.3 Å². The average molecular weight is 402 g/mol. The molecule has 0 unspecified atom stereocenters. The summed E-state index contributed by atoms with van der Waals surface area (Å²) in [7, 11) is 0. The summed E-state index contributed by atoms with van der Waals surface area (Å²) in [6.07, 6.45) is 0. The number of amides is 2. The molecule has 146 valence electrons. The van der Waals surface area contributed by atoms with E-state index < -0.39 is 23.6 Å². The van der Waals surface area contributed by atoms with Crippen molar-refractivity contribution in [3.63, 3.8) is 0 Å². The maximum atomic E-state index is 13.2. The SMILES string of the molecule is O=C(ON1C(=O)c2ccccc2C1=O)c1ccc2noc(-c3ccc(F)cc3)c2c1. The lowest BCUT2D eigenvalue weighted by Crippen LogP contribution is -2.32. The van der Waals surface area contributed by atoms with E-state index in [1.165, 1.54) is 48.5 Å². The molecule has 8 heteroatoms. The molecule has 0 fully saturated rings. The molecule has 2 heterocycles. The molecule has 0 bridgehead atoms. The number of hydrogen-bond acceptors (Lipinski definition) is 6. The fourth-order valence-electron chi connectivity index (χ4n) is 3.26. The number of hydroxylamine groups is 2. The van der Waals surface area contributed by atoms with E-state index in [1.54, 1.807) is 18.2 Å². The van der Waals surface area contributed by atoms with E-state index in [1.807, 2.05) is 0 Å². The normalized spacial score (nSPS) is 13.0. The lowest BCUT2D eigenvalue weighted by Gasteiger charge is -2.12. The zero-order chi connectivity index (χ0) is 20.8. The third-order valence-corrected chi connectivity index (χ3v) is 4.75. The summed E-state index contributed by atoms with van der Waals surface area (Å²) in [6, 6.07) is 16.3. The Morgan fingerprint density at radius 2 is 1.60 bits per heavy atom. The van der Waals surface area contributed by atoms with Gasteiger partial charge in [0.15, 0.2) is 5.76 Å². The minimum absolute atomic E-state index is 0.0885. The lowest BCUT2D eigenvalue weighted by molar-refractivity contribution is -0.0584. The van der Waals surface area contributed by atoms with Crippen LogP contribution in [-0.4, -0.2) is 28.0 Å². The zero-order valence-electron chi connectivity index (χ0n) is 15.2. The van der Waals surface area contributed by atoms with Gasteiger partial charge in [-0.25, -0.2) is 9.18 Å². The Hall–Kier alpha value is -4.33. The molecule has 2 amide bonds. The van der Waals surface area contributed by atoms with Crippen molar-refractivity contribution in [1.29, 1.82) is 0 Å². The van der Waals surface area contributed by atoms with E-state index in [4.69, 9.17) is 9.36 Å². The summed E-state index contributed by atoms with van der Waals surface area (Å²) >= 11 is 0. The molecule has 1 aliphatic heterocycles. The first-order valence-corrected chi connectivity index (χ1v) is 8.88. The summed E-state index contributed by atoms with van der Waals surface area (Å²) in [6.45, 7) is 0. The molecule has 1 aromatic heterocycles. The second kappa shape index (κ2) is 6.63. The van der Waals surface area contributed by atoms with Gasteiger partial charge >= 0.3 is 5.97 Å². The quantitative estimate of drug-likeness (QED) is 0.481. The second-order valence-electron chi connectivity index (χ2n) is 6.58. The van der Waals surface area contributed by atoms with Crippen LogP contribution in [0.5, 0.6) is 0 Å². The summed E-state index contributed by atoms with van der Waals surface area (Å²) < 4.78 is 18.5. The van der Waals surface area contributed by atoms with Crippen molar-refractivity contribution in [2.75, 3.05) is 0 Å². The molecule has 1 aliphatic rings. The maximum Gasteiger partial charge on any atom is 0.363 e. The van der Waals surface area contributed by atoms with Crippen molar-refractivity contribution < 1.29 is 28.1 Å². The van der Waals surface area contributed by atoms with E-state index in [0.29, 0.717) is 27.3 Å². The second-order valence-corrected chi connectivity index (χ2v) is 6.58. The van der Waals surface area contributed by atoms with Gasteiger partial charge in [-0.05, 0) is 54.6 Å². The molecule has 0 spiro atoms. The molecule has 4 aromatic rings. The van der Waals surface area contributed by atoms with Crippen LogP contribution in [0.25, 0.3) is 22.2 Å². The van der Waals surface area contributed by atoms with Gasteiger partial charge in [0.25, 0.3) is 11.8 Å². The number of carbonyl (C=O) groups excluding carboxylic acids is 3. The molecule has 30 heavy (non-hydrogen) atoms. The lowest BCUT2D eigenvalue weighted by atomic mass is 10.1. The Labute approximate surface area is 168 Å². The van der Waals surface area contributed by atoms with Crippen LogP contribution in [0.15, 0.2) is 71.3 Å². The summed E-state index contributed by atoms with van der Waals surface area (Å²) in [5.74, 6) is -2.35. The van der Waals surface area contributed by atoms with E-state index in [0.717, 1.165) is 0 Å². The number of aromatic nitrogens is 1. The van der Waals surface area contributed by atoms with Crippen LogP contribution < -0.4 is 0 Å². The number of halogens is 1. The Morgan fingerprint density at radius 1 is 0.933 bits per heavy atom. The number of fused-ring (bicyclic) bond motifs is 2. The summed E-state index contributed by atoms with van der Waals surface area (Å²) in [5, 5.41) is 4.88. The highest BCUT2D eigenvalue weighted by atomic mass is 19.1.